The van der Waals surface area contributed by atoms with Crippen molar-refractivity contribution in [3.8, 4) is 11.5 Å². The van der Waals surface area contributed by atoms with Crippen LogP contribution >= 0.6 is 0 Å². The zero-order chi connectivity index (χ0) is 15.2. The van der Waals surface area contributed by atoms with Crippen LogP contribution in [0.5, 0.6) is 11.5 Å². The van der Waals surface area contributed by atoms with Gasteiger partial charge < -0.3 is 14.0 Å². The van der Waals surface area contributed by atoms with Gasteiger partial charge in [0.15, 0.2) is 11.5 Å². The normalized spacial score (nSPS) is 12.2. The van der Waals surface area contributed by atoms with Gasteiger partial charge in [-0.05, 0) is 31.5 Å². The number of aryl methyl sites for hydroxylation is 1. The fraction of sp³-hybridized carbons (Fsp3) is 0.400. The third kappa shape index (κ3) is 3.34. The molecule has 6 heteroatoms. The Bertz CT molecular complexity index is 583. The third-order valence-corrected chi connectivity index (χ3v) is 3.18. The minimum atomic E-state index is -0.208. The van der Waals surface area contributed by atoms with Gasteiger partial charge in [-0.2, -0.15) is 0 Å². The van der Waals surface area contributed by atoms with Gasteiger partial charge in [-0.1, -0.05) is 6.07 Å². The van der Waals surface area contributed by atoms with E-state index in [1.54, 1.807) is 6.20 Å². The highest BCUT2D eigenvalue weighted by Gasteiger charge is 2.18. The molecule has 0 saturated carbocycles. The van der Waals surface area contributed by atoms with E-state index in [2.05, 4.69) is 10.4 Å². The molecule has 0 aliphatic carbocycles. The van der Waals surface area contributed by atoms with Gasteiger partial charge in [0.1, 0.15) is 11.9 Å². The van der Waals surface area contributed by atoms with Crippen molar-refractivity contribution in [2.24, 2.45) is 12.9 Å². The summed E-state index contributed by atoms with van der Waals surface area (Å²) in [6.07, 6.45) is 3.63. The average molecular weight is 290 g/mol. The highest BCUT2D eigenvalue weighted by Crippen LogP contribution is 2.32. The summed E-state index contributed by atoms with van der Waals surface area (Å²) in [6, 6.07) is 5.59. The number of ether oxygens (including phenoxy) is 2. The maximum Gasteiger partial charge on any atom is 0.161 e. The van der Waals surface area contributed by atoms with Gasteiger partial charge in [-0.25, -0.2) is 10.4 Å². The smallest absolute Gasteiger partial charge is 0.161 e. The molecule has 3 N–H and O–H groups in total. The number of aromatic nitrogens is 2. The molecular weight excluding hydrogens is 268 g/mol. The predicted molar refractivity (Wildman–Crippen MR) is 81.2 cm³/mol. The standard InChI is InChI=1S/C15H22N4O2/c1-4-20-12-7-6-11(10-13(12)21-5-2)14(18-16)15-17-8-9-19(15)3/h6-10,14,18H,4-5,16H2,1-3H3. The third-order valence-electron chi connectivity index (χ3n) is 3.18. The highest BCUT2D eigenvalue weighted by molar-refractivity contribution is 5.45. The zero-order valence-electron chi connectivity index (χ0n) is 12.7. The minimum Gasteiger partial charge on any atom is -0.490 e. The molecule has 0 spiro atoms. The zero-order valence-corrected chi connectivity index (χ0v) is 12.7. The largest absolute Gasteiger partial charge is 0.490 e. The second kappa shape index (κ2) is 7.10. The second-order valence-electron chi connectivity index (χ2n) is 4.57. The van der Waals surface area contributed by atoms with E-state index in [0.29, 0.717) is 19.0 Å². The number of nitrogens with one attached hydrogen (secondary N) is 1. The number of benzene rings is 1. The molecule has 0 bridgehead atoms. The molecule has 6 nitrogen and oxygen atoms in total. The molecule has 1 unspecified atom stereocenters. The van der Waals surface area contributed by atoms with Gasteiger partial charge in [0.05, 0.1) is 13.2 Å². The molecular formula is C15H22N4O2. The Hall–Kier alpha value is -2.05. The Labute approximate surface area is 124 Å². The molecule has 21 heavy (non-hydrogen) atoms. The fourth-order valence-corrected chi connectivity index (χ4v) is 2.22. The van der Waals surface area contributed by atoms with Crippen LogP contribution in [0.3, 0.4) is 0 Å². The first-order valence-electron chi connectivity index (χ1n) is 7.04. The lowest BCUT2D eigenvalue weighted by molar-refractivity contribution is 0.287. The van der Waals surface area contributed by atoms with Gasteiger partial charge in [0.25, 0.3) is 0 Å². The SMILES string of the molecule is CCOc1ccc(C(NN)c2nccn2C)cc1OCC. The van der Waals surface area contributed by atoms with Crippen LogP contribution in [0.15, 0.2) is 30.6 Å². The molecule has 0 amide bonds. The first-order chi connectivity index (χ1) is 10.2. The number of rotatable bonds is 7. The molecule has 0 radical (unpaired) electrons. The summed E-state index contributed by atoms with van der Waals surface area (Å²) in [7, 11) is 1.94. The van der Waals surface area contributed by atoms with Crippen molar-refractivity contribution in [2.75, 3.05) is 13.2 Å². The van der Waals surface area contributed by atoms with Crippen LogP contribution < -0.4 is 20.7 Å². The predicted octanol–water partition coefficient (Wildman–Crippen LogP) is 1.77. The quantitative estimate of drug-likeness (QED) is 0.600. The van der Waals surface area contributed by atoms with Crippen molar-refractivity contribution in [1.29, 1.82) is 0 Å². The van der Waals surface area contributed by atoms with Crippen molar-refractivity contribution < 1.29 is 9.47 Å². The van der Waals surface area contributed by atoms with Crippen molar-refractivity contribution in [3.05, 3.63) is 42.0 Å². The molecule has 1 aromatic carbocycles. The lowest BCUT2D eigenvalue weighted by atomic mass is 10.1. The van der Waals surface area contributed by atoms with Crippen molar-refractivity contribution >= 4 is 0 Å². The monoisotopic (exact) mass is 290 g/mol. The van der Waals surface area contributed by atoms with Crippen LogP contribution in [0.2, 0.25) is 0 Å². The maximum atomic E-state index is 5.71. The van der Waals surface area contributed by atoms with Crippen molar-refractivity contribution in [3.63, 3.8) is 0 Å². The molecule has 1 atom stereocenters. The Morgan fingerprint density at radius 2 is 1.95 bits per heavy atom. The van der Waals surface area contributed by atoms with E-state index in [1.807, 2.05) is 49.9 Å². The number of nitrogens with two attached hydrogens (primary N) is 1. The summed E-state index contributed by atoms with van der Waals surface area (Å²) in [5, 5.41) is 0. The van der Waals surface area contributed by atoms with E-state index in [4.69, 9.17) is 15.3 Å². The molecule has 2 rings (SSSR count). The van der Waals surface area contributed by atoms with Gasteiger partial charge in [0.2, 0.25) is 0 Å². The number of nitrogens with zero attached hydrogens (tertiary/aromatic N) is 2. The Morgan fingerprint density at radius 1 is 1.24 bits per heavy atom. The van der Waals surface area contributed by atoms with E-state index in [9.17, 15) is 0 Å². The van der Waals surface area contributed by atoms with Crippen molar-refractivity contribution in [2.45, 2.75) is 19.9 Å². The van der Waals surface area contributed by atoms with E-state index in [1.165, 1.54) is 0 Å². The summed E-state index contributed by atoms with van der Waals surface area (Å²) in [4.78, 5) is 4.35. The Morgan fingerprint density at radius 3 is 2.52 bits per heavy atom. The summed E-state index contributed by atoms with van der Waals surface area (Å²) in [5.74, 6) is 8.00. The molecule has 0 aliphatic rings. The van der Waals surface area contributed by atoms with Crippen LogP contribution in [0.4, 0.5) is 0 Å². The van der Waals surface area contributed by atoms with Gasteiger partial charge in [-0.3, -0.25) is 5.84 Å². The minimum absolute atomic E-state index is 0.208. The molecule has 1 heterocycles. The Balaban J connectivity index is 2.38. The average Bonchev–Trinajstić information content (AvgIpc) is 2.89. The summed E-state index contributed by atoms with van der Waals surface area (Å²) < 4.78 is 13.2. The number of hydrazine groups is 1. The van der Waals surface area contributed by atoms with E-state index < -0.39 is 0 Å². The lowest BCUT2D eigenvalue weighted by Crippen LogP contribution is -2.30. The van der Waals surface area contributed by atoms with Gasteiger partial charge in [0, 0.05) is 19.4 Å². The van der Waals surface area contributed by atoms with Crippen LogP contribution in [-0.4, -0.2) is 22.8 Å². The lowest BCUT2D eigenvalue weighted by Gasteiger charge is -2.18. The van der Waals surface area contributed by atoms with E-state index >= 15 is 0 Å². The van der Waals surface area contributed by atoms with Crippen LogP contribution in [0.25, 0.3) is 0 Å². The molecule has 2 aromatic rings. The Kier molecular flexibility index (Phi) is 5.19. The summed E-state index contributed by atoms with van der Waals surface area (Å²) in [6.45, 7) is 5.06. The first kappa shape index (κ1) is 15.3. The topological polar surface area (TPSA) is 74.3 Å². The van der Waals surface area contributed by atoms with Gasteiger partial charge in [-0.15, -0.1) is 0 Å². The van der Waals surface area contributed by atoms with E-state index in [-0.39, 0.29) is 6.04 Å². The number of hydrogen-bond acceptors (Lipinski definition) is 5. The highest BCUT2D eigenvalue weighted by atomic mass is 16.5. The maximum absolute atomic E-state index is 5.71. The molecule has 1 aromatic heterocycles. The van der Waals surface area contributed by atoms with Crippen molar-refractivity contribution in [1.82, 2.24) is 15.0 Å². The summed E-state index contributed by atoms with van der Waals surface area (Å²) in [5.41, 5.74) is 3.77. The van der Waals surface area contributed by atoms with Crippen LogP contribution in [-0.2, 0) is 7.05 Å². The summed E-state index contributed by atoms with van der Waals surface area (Å²) >= 11 is 0. The second-order valence-corrected chi connectivity index (χ2v) is 4.57. The number of imidazole rings is 1. The molecule has 0 fully saturated rings. The first-order valence-corrected chi connectivity index (χ1v) is 7.04. The van der Waals surface area contributed by atoms with Gasteiger partial charge >= 0.3 is 0 Å². The van der Waals surface area contributed by atoms with Crippen LogP contribution in [0.1, 0.15) is 31.3 Å². The fourth-order valence-electron chi connectivity index (χ4n) is 2.22. The van der Waals surface area contributed by atoms with E-state index in [0.717, 1.165) is 17.1 Å². The molecule has 0 saturated heterocycles. The van der Waals surface area contributed by atoms with Crippen LogP contribution in [0, 0.1) is 0 Å². The molecule has 114 valence electrons. The molecule has 0 aliphatic heterocycles. The number of hydrogen-bond donors (Lipinski definition) is 2.